The molecule has 1 aliphatic rings. The second kappa shape index (κ2) is 5.08. The van der Waals surface area contributed by atoms with Gasteiger partial charge in [0.25, 0.3) is 0 Å². The van der Waals surface area contributed by atoms with Crippen LogP contribution in [0.5, 0.6) is 0 Å². The molecule has 0 aromatic carbocycles. The predicted molar refractivity (Wildman–Crippen MR) is 74.4 cm³/mol. The lowest BCUT2D eigenvalue weighted by Gasteiger charge is -2.32. The fourth-order valence-corrected chi connectivity index (χ4v) is 3.03. The van der Waals surface area contributed by atoms with E-state index in [1.54, 1.807) is 11.8 Å². The molecular weight excluding hydrogens is 230 g/mol. The molecule has 0 bridgehead atoms. The summed E-state index contributed by atoms with van der Waals surface area (Å²) in [6, 6.07) is 6.06. The second-order valence-electron chi connectivity index (χ2n) is 5.00. The lowest BCUT2D eigenvalue weighted by molar-refractivity contribution is 0.446. The summed E-state index contributed by atoms with van der Waals surface area (Å²) >= 11 is 1.80. The van der Waals surface area contributed by atoms with E-state index in [9.17, 15) is 0 Å². The van der Waals surface area contributed by atoms with Gasteiger partial charge in [-0.15, -0.1) is 0 Å². The third kappa shape index (κ3) is 3.73. The smallest absolute Gasteiger partial charge is 0.157 e. The number of aliphatic imine (C=N–C) groups is 1. The van der Waals surface area contributed by atoms with Gasteiger partial charge in [0.2, 0.25) is 0 Å². The molecule has 1 saturated heterocycles. The van der Waals surface area contributed by atoms with E-state index in [1.807, 2.05) is 25.1 Å². The minimum atomic E-state index is 0.171. The summed E-state index contributed by atoms with van der Waals surface area (Å²) in [7, 11) is 0. The number of hydrogen-bond acceptors (Lipinski definition) is 3. The first-order chi connectivity index (χ1) is 8.05. The maximum Gasteiger partial charge on any atom is 0.157 e. The van der Waals surface area contributed by atoms with E-state index in [0.717, 1.165) is 22.3 Å². The number of aromatic nitrogens is 1. The number of nitrogens with one attached hydrogen (secondary N) is 1. The summed E-state index contributed by atoms with van der Waals surface area (Å²) < 4.78 is 0. The Morgan fingerprint density at radius 3 is 3.00 bits per heavy atom. The van der Waals surface area contributed by atoms with Gasteiger partial charge in [-0.2, -0.15) is 0 Å². The second-order valence-corrected chi connectivity index (χ2v) is 6.08. The molecule has 1 fully saturated rings. The summed E-state index contributed by atoms with van der Waals surface area (Å²) in [4.78, 5) is 9.05. The molecular formula is C13H19N3S. The van der Waals surface area contributed by atoms with Crippen LogP contribution in [0.2, 0.25) is 0 Å². The van der Waals surface area contributed by atoms with Crippen LogP contribution in [0.25, 0.3) is 0 Å². The Morgan fingerprint density at radius 1 is 1.47 bits per heavy atom. The van der Waals surface area contributed by atoms with Crippen molar-refractivity contribution in [1.82, 2.24) is 10.3 Å². The topological polar surface area (TPSA) is 37.3 Å². The van der Waals surface area contributed by atoms with Crippen molar-refractivity contribution < 1.29 is 0 Å². The third-order valence-corrected chi connectivity index (χ3v) is 3.65. The molecule has 3 nitrogen and oxygen atoms in total. The SMILES string of the molecule is Cc1cccc(CN=C2NC(C)(C)CCS2)n1. The van der Waals surface area contributed by atoms with Crippen LogP contribution in [0.4, 0.5) is 0 Å². The molecule has 0 saturated carbocycles. The van der Waals surface area contributed by atoms with E-state index in [-0.39, 0.29) is 5.54 Å². The molecule has 1 aliphatic heterocycles. The highest BCUT2D eigenvalue weighted by Crippen LogP contribution is 2.21. The molecule has 0 unspecified atom stereocenters. The number of aryl methyl sites for hydroxylation is 1. The zero-order valence-electron chi connectivity index (χ0n) is 10.7. The van der Waals surface area contributed by atoms with Gasteiger partial charge in [0, 0.05) is 17.0 Å². The Labute approximate surface area is 107 Å². The monoisotopic (exact) mass is 249 g/mol. The summed E-state index contributed by atoms with van der Waals surface area (Å²) in [6.07, 6.45) is 1.18. The van der Waals surface area contributed by atoms with Crippen LogP contribution in [0.15, 0.2) is 23.2 Å². The number of rotatable bonds is 2. The van der Waals surface area contributed by atoms with Gasteiger partial charge in [-0.25, -0.2) is 0 Å². The van der Waals surface area contributed by atoms with Crippen molar-refractivity contribution in [3.8, 4) is 0 Å². The summed E-state index contributed by atoms with van der Waals surface area (Å²) in [6.45, 7) is 7.10. The van der Waals surface area contributed by atoms with E-state index in [4.69, 9.17) is 0 Å². The molecule has 4 heteroatoms. The Kier molecular flexibility index (Phi) is 3.72. The normalized spacial score (nSPS) is 21.2. The van der Waals surface area contributed by atoms with Crippen LogP contribution < -0.4 is 5.32 Å². The van der Waals surface area contributed by atoms with Crippen LogP contribution >= 0.6 is 11.8 Å². The average Bonchev–Trinajstić information content (AvgIpc) is 2.25. The highest BCUT2D eigenvalue weighted by Gasteiger charge is 2.23. The van der Waals surface area contributed by atoms with Gasteiger partial charge in [-0.3, -0.25) is 9.98 Å². The van der Waals surface area contributed by atoms with Gasteiger partial charge in [-0.1, -0.05) is 17.8 Å². The largest absolute Gasteiger partial charge is 0.360 e. The van der Waals surface area contributed by atoms with Crippen molar-refractivity contribution in [3.05, 3.63) is 29.6 Å². The van der Waals surface area contributed by atoms with Crippen molar-refractivity contribution in [2.24, 2.45) is 4.99 Å². The van der Waals surface area contributed by atoms with E-state index >= 15 is 0 Å². The maximum absolute atomic E-state index is 4.60. The molecule has 0 spiro atoms. The summed E-state index contributed by atoms with van der Waals surface area (Å²) in [5.74, 6) is 1.14. The molecule has 17 heavy (non-hydrogen) atoms. The van der Waals surface area contributed by atoms with E-state index in [1.165, 1.54) is 6.42 Å². The lowest BCUT2D eigenvalue weighted by Crippen LogP contribution is -2.46. The average molecular weight is 249 g/mol. The number of hydrogen-bond donors (Lipinski definition) is 1. The number of thioether (sulfide) groups is 1. The lowest BCUT2D eigenvalue weighted by atomic mass is 10.0. The van der Waals surface area contributed by atoms with Gasteiger partial charge in [0.1, 0.15) is 0 Å². The molecule has 2 heterocycles. The van der Waals surface area contributed by atoms with Crippen LogP contribution in [0.3, 0.4) is 0 Å². The molecule has 0 atom stereocenters. The summed E-state index contributed by atoms with van der Waals surface area (Å²) in [5.41, 5.74) is 2.25. The maximum atomic E-state index is 4.60. The Morgan fingerprint density at radius 2 is 2.29 bits per heavy atom. The fraction of sp³-hybridized carbons (Fsp3) is 0.538. The first kappa shape index (κ1) is 12.4. The molecule has 0 aliphatic carbocycles. The van der Waals surface area contributed by atoms with E-state index in [0.29, 0.717) is 6.54 Å². The Balaban J connectivity index is 2.01. The third-order valence-electron chi connectivity index (χ3n) is 2.74. The minimum Gasteiger partial charge on any atom is -0.360 e. The van der Waals surface area contributed by atoms with Gasteiger partial charge < -0.3 is 5.32 Å². The van der Waals surface area contributed by atoms with Crippen molar-refractivity contribution >= 4 is 16.9 Å². The molecule has 1 aromatic heterocycles. The van der Waals surface area contributed by atoms with Crippen LogP contribution in [0, 0.1) is 6.92 Å². The van der Waals surface area contributed by atoms with E-state index < -0.39 is 0 Å². The molecule has 1 N–H and O–H groups in total. The fourth-order valence-electron chi connectivity index (χ4n) is 1.72. The molecule has 0 amide bonds. The van der Waals surface area contributed by atoms with Gasteiger partial charge in [0.05, 0.1) is 12.2 Å². The van der Waals surface area contributed by atoms with Crippen molar-refractivity contribution in [3.63, 3.8) is 0 Å². The number of amidine groups is 1. The zero-order chi connectivity index (χ0) is 12.3. The Hall–Kier alpha value is -1.03. The standard InChI is InChI=1S/C13H19N3S/c1-10-5-4-6-11(15-10)9-14-12-16-13(2,3)7-8-17-12/h4-6H,7-9H2,1-3H3,(H,14,16). The van der Waals surface area contributed by atoms with Crippen LogP contribution in [-0.4, -0.2) is 21.4 Å². The van der Waals surface area contributed by atoms with Gasteiger partial charge >= 0.3 is 0 Å². The van der Waals surface area contributed by atoms with Crippen LogP contribution in [0.1, 0.15) is 31.7 Å². The quantitative estimate of drug-likeness (QED) is 0.875. The molecule has 92 valence electrons. The molecule has 1 aromatic rings. The van der Waals surface area contributed by atoms with Crippen LogP contribution in [-0.2, 0) is 6.54 Å². The first-order valence-electron chi connectivity index (χ1n) is 5.93. The first-order valence-corrected chi connectivity index (χ1v) is 6.92. The summed E-state index contributed by atoms with van der Waals surface area (Å²) in [5, 5.41) is 4.51. The Bertz CT molecular complexity index is 426. The molecule has 0 radical (unpaired) electrons. The van der Waals surface area contributed by atoms with Crippen molar-refractivity contribution in [2.75, 3.05) is 5.75 Å². The highest BCUT2D eigenvalue weighted by atomic mass is 32.2. The van der Waals surface area contributed by atoms with Crippen molar-refractivity contribution in [1.29, 1.82) is 0 Å². The number of pyridine rings is 1. The zero-order valence-corrected chi connectivity index (χ0v) is 11.5. The van der Waals surface area contributed by atoms with Crippen molar-refractivity contribution in [2.45, 2.75) is 39.3 Å². The molecule has 2 rings (SSSR count). The van der Waals surface area contributed by atoms with E-state index in [2.05, 4.69) is 29.1 Å². The van der Waals surface area contributed by atoms with Gasteiger partial charge in [0.15, 0.2) is 5.17 Å². The predicted octanol–water partition coefficient (Wildman–Crippen LogP) is 2.75. The minimum absolute atomic E-state index is 0.171. The van der Waals surface area contributed by atoms with Gasteiger partial charge in [-0.05, 0) is 39.3 Å². The highest BCUT2D eigenvalue weighted by molar-refractivity contribution is 8.13. The number of nitrogens with zero attached hydrogens (tertiary/aromatic N) is 2.